The van der Waals surface area contributed by atoms with Gasteiger partial charge in [0.15, 0.2) is 0 Å². The Morgan fingerprint density at radius 1 is 1.34 bits per heavy atom. The molecule has 1 saturated heterocycles. The van der Waals surface area contributed by atoms with Gasteiger partial charge in [0.2, 0.25) is 18.2 Å². The average Bonchev–Trinajstić information content (AvgIpc) is 3.14. The van der Waals surface area contributed by atoms with Crippen LogP contribution >= 0.6 is 0 Å². The lowest BCUT2D eigenvalue weighted by Crippen LogP contribution is -2.67. The quantitative estimate of drug-likeness (QED) is 0.699. The largest absolute Gasteiger partial charge is 0.444 e. The Morgan fingerprint density at radius 3 is 2.75 bits per heavy atom. The Hall–Kier alpha value is -3.27. The van der Waals surface area contributed by atoms with Crippen molar-refractivity contribution in [3.63, 3.8) is 0 Å². The van der Waals surface area contributed by atoms with Gasteiger partial charge in [-0.1, -0.05) is 0 Å². The minimum absolute atomic E-state index is 0.144. The number of nitrogens with one attached hydrogen (secondary N) is 2. The maximum atomic E-state index is 15.1. The molecule has 3 heterocycles. The van der Waals surface area contributed by atoms with Crippen LogP contribution in [0.25, 0.3) is 11.5 Å². The second-order valence-corrected chi connectivity index (χ2v) is 8.64. The fraction of sp³-hybridized carbons (Fsp3) is 0.455. The number of hydrogen-bond donors (Lipinski definition) is 2. The summed E-state index contributed by atoms with van der Waals surface area (Å²) < 4.78 is 26.5. The van der Waals surface area contributed by atoms with E-state index >= 15 is 4.39 Å². The average molecular weight is 444 g/mol. The second-order valence-electron chi connectivity index (χ2n) is 8.64. The molecule has 1 fully saturated rings. The number of urea groups is 1. The number of halogens is 1. The van der Waals surface area contributed by atoms with Crippen molar-refractivity contribution in [3.05, 3.63) is 35.5 Å². The van der Waals surface area contributed by atoms with E-state index in [9.17, 15) is 14.4 Å². The lowest BCUT2D eigenvalue weighted by molar-refractivity contribution is -0.136. The summed E-state index contributed by atoms with van der Waals surface area (Å²) in [5.41, 5.74) is 1.12. The Balaban J connectivity index is 1.81. The van der Waals surface area contributed by atoms with E-state index in [1.165, 1.54) is 12.3 Å². The number of oxazole rings is 1. The number of rotatable bonds is 3. The topological polar surface area (TPSA) is 114 Å². The van der Waals surface area contributed by atoms with Crippen LogP contribution in [0.15, 0.2) is 22.8 Å². The third-order valence-electron chi connectivity index (χ3n) is 6.15. The predicted octanol–water partition coefficient (Wildman–Crippen LogP) is 2.32. The summed E-state index contributed by atoms with van der Waals surface area (Å²) in [6.45, 7) is 7.70. The summed E-state index contributed by atoms with van der Waals surface area (Å²) in [7, 11) is 0. The van der Waals surface area contributed by atoms with E-state index in [1.807, 2.05) is 24.1 Å². The molecule has 0 aliphatic carbocycles. The molecule has 1 aromatic carbocycles. The molecule has 4 rings (SSSR count). The number of aromatic nitrogens is 1. The fourth-order valence-corrected chi connectivity index (χ4v) is 4.95. The van der Waals surface area contributed by atoms with Crippen molar-refractivity contribution in [2.24, 2.45) is 5.41 Å². The van der Waals surface area contributed by atoms with Gasteiger partial charge < -0.3 is 14.1 Å². The Kier molecular flexibility index (Phi) is 5.49. The third-order valence-corrected chi connectivity index (χ3v) is 6.15. The molecule has 9 nitrogen and oxygen atoms in total. The molecule has 10 heteroatoms. The van der Waals surface area contributed by atoms with E-state index in [4.69, 9.17) is 9.15 Å². The van der Waals surface area contributed by atoms with Crippen molar-refractivity contribution >= 4 is 24.0 Å². The predicted molar refractivity (Wildman–Crippen MR) is 112 cm³/mol. The highest BCUT2D eigenvalue weighted by atomic mass is 19.1. The molecular weight excluding hydrogens is 419 g/mol. The van der Waals surface area contributed by atoms with Gasteiger partial charge >= 0.3 is 6.03 Å². The molecule has 1 aromatic heterocycles. The zero-order valence-electron chi connectivity index (χ0n) is 18.3. The summed E-state index contributed by atoms with van der Waals surface area (Å²) in [4.78, 5) is 41.9. The normalized spacial score (nSPS) is 26.7. The number of carbonyl (C=O) groups is 3. The highest BCUT2D eigenvalue weighted by Gasteiger charge is 2.53. The smallest absolute Gasteiger partial charge is 0.327 e. The molecule has 4 amide bonds. The van der Waals surface area contributed by atoms with Gasteiger partial charge in [0.1, 0.15) is 12.1 Å². The van der Waals surface area contributed by atoms with Gasteiger partial charge in [0.05, 0.1) is 34.9 Å². The maximum Gasteiger partial charge on any atom is 0.327 e. The van der Waals surface area contributed by atoms with E-state index in [0.29, 0.717) is 17.9 Å². The first kappa shape index (κ1) is 21.9. The zero-order valence-corrected chi connectivity index (χ0v) is 18.3. The molecule has 0 bridgehead atoms. The van der Waals surface area contributed by atoms with Gasteiger partial charge in [0, 0.05) is 12.2 Å². The van der Waals surface area contributed by atoms with Crippen molar-refractivity contribution < 1.29 is 27.9 Å². The highest BCUT2D eigenvalue weighted by Crippen LogP contribution is 2.47. The number of carbonyl (C=O) groups excluding carboxylic acids is 3. The molecule has 1 unspecified atom stereocenters. The zero-order chi connectivity index (χ0) is 23.2. The number of ether oxygens (including phenoxy) is 1. The van der Waals surface area contributed by atoms with E-state index < -0.39 is 29.2 Å². The van der Waals surface area contributed by atoms with Crippen molar-refractivity contribution in [1.29, 1.82) is 0 Å². The Bertz CT molecular complexity index is 1090. The van der Waals surface area contributed by atoms with Crippen LogP contribution in [0.4, 0.5) is 14.9 Å². The van der Waals surface area contributed by atoms with E-state index in [1.54, 1.807) is 19.9 Å². The first-order valence-corrected chi connectivity index (χ1v) is 10.4. The standard InChI is InChI=1S/C22H25FN4O5/c1-11-9-31-19(25-11)15-5-14-7-22(4,20(29)26-21(30)24-10-28)18-13(3)32-12(2)8-27(18)17(14)6-16(15)23/h5-6,9-10,12-13,18H,7-8H2,1-4H3,(H2,24,26,28,29,30)/t12-,13+,18-,22?/m1/s1. The van der Waals surface area contributed by atoms with Crippen LogP contribution in [-0.2, 0) is 20.7 Å². The molecule has 2 N–H and O–H groups in total. The van der Waals surface area contributed by atoms with Crippen LogP contribution in [0, 0.1) is 18.2 Å². The first-order valence-electron chi connectivity index (χ1n) is 10.4. The number of amides is 4. The summed E-state index contributed by atoms with van der Waals surface area (Å²) >= 11 is 0. The third kappa shape index (κ3) is 3.64. The minimum atomic E-state index is -1.10. The number of morpholine rings is 1. The van der Waals surface area contributed by atoms with Crippen LogP contribution in [0.1, 0.15) is 32.0 Å². The van der Waals surface area contributed by atoms with Crippen molar-refractivity contribution in [1.82, 2.24) is 15.6 Å². The van der Waals surface area contributed by atoms with Crippen molar-refractivity contribution in [2.45, 2.75) is 52.4 Å². The van der Waals surface area contributed by atoms with Crippen LogP contribution in [0.2, 0.25) is 0 Å². The molecule has 0 saturated carbocycles. The molecule has 32 heavy (non-hydrogen) atoms. The van der Waals surface area contributed by atoms with Gasteiger partial charge in [-0.05, 0) is 51.8 Å². The van der Waals surface area contributed by atoms with Crippen LogP contribution in [0.5, 0.6) is 0 Å². The number of benzene rings is 1. The van der Waals surface area contributed by atoms with Gasteiger partial charge in [-0.25, -0.2) is 14.2 Å². The molecule has 0 spiro atoms. The molecule has 2 aliphatic rings. The minimum Gasteiger partial charge on any atom is -0.444 e. The van der Waals surface area contributed by atoms with Crippen LogP contribution < -0.4 is 15.5 Å². The van der Waals surface area contributed by atoms with Crippen LogP contribution in [-0.4, -0.2) is 48.1 Å². The lowest BCUT2D eigenvalue weighted by atomic mass is 9.69. The van der Waals surface area contributed by atoms with E-state index in [0.717, 1.165) is 5.56 Å². The van der Waals surface area contributed by atoms with E-state index in [-0.39, 0.29) is 36.5 Å². The SMILES string of the molecule is Cc1coc(-c2cc3c(cc2F)N2C[C@@H](C)O[C@@H](C)[C@@H]2C(C)(C(=O)NC(=O)NC=O)C3)n1. The first-order chi connectivity index (χ1) is 15.1. The van der Waals surface area contributed by atoms with Gasteiger partial charge in [-0.2, -0.15) is 0 Å². The summed E-state index contributed by atoms with van der Waals surface area (Å²) in [6.07, 6.45) is 1.36. The summed E-state index contributed by atoms with van der Waals surface area (Å²) in [5.74, 6) is -0.875. The van der Waals surface area contributed by atoms with Crippen molar-refractivity contribution in [3.8, 4) is 11.5 Å². The number of nitrogens with zero attached hydrogens (tertiary/aromatic N) is 2. The van der Waals surface area contributed by atoms with E-state index in [2.05, 4.69) is 10.3 Å². The summed E-state index contributed by atoms with van der Waals surface area (Å²) in [5, 5.41) is 4.16. The lowest BCUT2D eigenvalue weighted by Gasteiger charge is -2.54. The number of imide groups is 2. The molecule has 4 atom stereocenters. The number of fused-ring (bicyclic) bond motifs is 3. The molecular formula is C22H25FN4O5. The van der Waals surface area contributed by atoms with Gasteiger partial charge in [-0.3, -0.25) is 20.2 Å². The van der Waals surface area contributed by atoms with Gasteiger partial charge in [0.25, 0.3) is 0 Å². The second kappa shape index (κ2) is 8.01. The molecule has 0 radical (unpaired) electrons. The van der Waals surface area contributed by atoms with Gasteiger partial charge in [-0.15, -0.1) is 0 Å². The molecule has 170 valence electrons. The maximum absolute atomic E-state index is 15.1. The monoisotopic (exact) mass is 444 g/mol. The number of hydrogen-bond acceptors (Lipinski definition) is 7. The molecule has 2 aliphatic heterocycles. The van der Waals surface area contributed by atoms with Crippen molar-refractivity contribution in [2.75, 3.05) is 11.4 Å². The fourth-order valence-electron chi connectivity index (χ4n) is 4.95. The van der Waals surface area contributed by atoms with Crippen LogP contribution in [0.3, 0.4) is 0 Å². The Labute approximate surface area is 184 Å². The highest BCUT2D eigenvalue weighted by molar-refractivity contribution is 6.01. The number of aryl methyl sites for hydroxylation is 1. The number of anilines is 1. The molecule has 2 aromatic rings. The Morgan fingerprint density at radius 2 is 2.09 bits per heavy atom. The summed E-state index contributed by atoms with van der Waals surface area (Å²) in [6, 6.07) is 1.73.